The molecule has 2 N–H and O–H groups in total. The molecule has 2 aromatic rings. The molecule has 0 fully saturated rings. The van der Waals surface area contributed by atoms with Crippen molar-refractivity contribution >= 4 is 5.97 Å². The van der Waals surface area contributed by atoms with Gasteiger partial charge in [0, 0.05) is 29.5 Å². The fourth-order valence-electron chi connectivity index (χ4n) is 0.911. The number of aromatic amines is 1. The topological polar surface area (TPSA) is 66.0 Å². The molecule has 16 heavy (non-hydrogen) atoms. The maximum absolute atomic E-state index is 10.3. The summed E-state index contributed by atoms with van der Waals surface area (Å²) in [5, 5.41) is 8.48. The maximum Gasteiger partial charge on any atom is 0.335 e. The van der Waals surface area contributed by atoms with E-state index in [0.717, 1.165) is 5.56 Å². The van der Waals surface area contributed by atoms with Crippen LogP contribution >= 0.6 is 0 Å². The Morgan fingerprint density at radius 3 is 2.25 bits per heavy atom. The quantitative estimate of drug-likeness (QED) is 0.771. The molecule has 0 amide bonds. The van der Waals surface area contributed by atoms with E-state index in [-0.39, 0.29) is 17.1 Å². The number of benzene rings is 1. The standard InChI is InChI=1S/C8H8O2.C3H4N2.Mn/c1-6-2-4-7(5-3-6)8(9)10;1-2-5-3-4-1;/h2-5H,1H3,(H,9,10);1-3H,(H,4,5);. The Labute approximate surface area is 104 Å². The second kappa shape index (κ2) is 7.68. The van der Waals surface area contributed by atoms with Crippen molar-refractivity contribution in [2.45, 2.75) is 6.92 Å². The fraction of sp³-hybridized carbons (Fsp3) is 0.0909. The Morgan fingerprint density at radius 1 is 1.31 bits per heavy atom. The first-order valence-electron chi connectivity index (χ1n) is 4.43. The van der Waals surface area contributed by atoms with E-state index >= 15 is 0 Å². The number of hydrogen-bond donors (Lipinski definition) is 2. The van der Waals surface area contributed by atoms with Crippen LogP contribution in [0.2, 0.25) is 0 Å². The van der Waals surface area contributed by atoms with Crippen LogP contribution in [0.25, 0.3) is 0 Å². The van der Waals surface area contributed by atoms with Crippen molar-refractivity contribution in [1.29, 1.82) is 0 Å². The number of aromatic nitrogens is 2. The molecule has 1 aromatic heterocycles. The van der Waals surface area contributed by atoms with Crippen molar-refractivity contribution in [1.82, 2.24) is 9.97 Å². The molecule has 1 aromatic carbocycles. The molecule has 0 atom stereocenters. The number of nitrogens with zero attached hydrogens (tertiary/aromatic N) is 1. The summed E-state index contributed by atoms with van der Waals surface area (Å²) in [6.45, 7) is 1.92. The van der Waals surface area contributed by atoms with E-state index in [2.05, 4.69) is 9.97 Å². The van der Waals surface area contributed by atoms with Crippen LogP contribution in [0, 0.1) is 6.92 Å². The van der Waals surface area contributed by atoms with E-state index in [1.165, 1.54) is 0 Å². The van der Waals surface area contributed by atoms with Gasteiger partial charge in [-0.1, -0.05) is 17.7 Å². The van der Waals surface area contributed by atoms with E-state index in [4.69, 9.17) is 5.11 Å². The Hall–Kier alpha value is -1.58. The Balaban J connectivity index is 0.000000318. The normalized spacial score (nSPS) is 8.31. The van der Waals surface area contributed by atoms with Gasteiger partial charge < -0.3 is 10.1 Å². The van der Waals surface area contributed by atoms with Crippen LogP contribution in [0.3, 0.4) is 0 Å². The molecular formula is C11H12MnN2O2. The largest absolute Gasteiger partial charge is 0.478 e. The first-order chi connectivity index (χ1) is 7.20. The van der Waals surface area contributed by atoms with Gasteiger partial charge in [-0.15, -0.1) is 0 Å². The van der Waals surface area contributed by atoms with E-state index in [9.17, 15) is 4.79 Å². The molecule has 0 bridgehead atoms. The zero-order chi connectivity index (χ0) is 11.1. The van der Waals surface area contributed by atoms with E-state index in [0.29, 0.717) is 5.56 Å². The van der Waals surface area contributed by atoms with Crippen LogP contribution in [0.4, 0.5) is 0 Å². The minimum Gasteiger partial charge on any atom is -0.478 e. The van der Waals surface area contributed by atoms with E-state index in [1.54, 1.807) is 43.0 Å². The van der Waals surface area contributed by atoms with Crippen LogP contribution in [0.1, 0.15) is 15.9 Å². The van der Waals surface area contributed by atoms with Crippen LogP contribution in [0.5, 0.6) is 0 Å². The molecule has 5 heteroatoms. The summed E-state index contributed by atoms with van der Waals surface area (Å²) < 4.78 is 0. The first kappa shape index (κ1) is 14.4. The number of hydrogen-bond acceptors (Lipinski definition) is 2. The SMILES string of the molecule is Cc1ccc(C(=O)O)cc1.[Mn].c1c[nH]cn1. The Morgan fingerprint density at radius 2 is 1.94 bits per heavy atom. The molecule has 0 aliphatic rings. The van der Waals surface area contributed by atoms with Crippen LogP contribution in [-0.2, 0) is 17.1 Å². The van der Waals surface area contributed by atoms with Gasteiger partial charge in [-0.05, 0) is 19.1 Å². The van der Waals surface area contributed by atoms with Crippen molar-refractivity contribution in [3.63, 3.8) is 0 Å². The molecule has 85 valence electrons. The molecule has 1 radical (unpaired) electrons. The number of aryl methyl sites for hydroxylation is 1. The number of carboxylic acids is 1. The molecule has 0 saturated heterocycles. The van der Waals surface area contributed by atoms with Crippen molar-refractivity contribution in [2.24, 2.45) is 0 Å². The number of carbonyl (C=O) groups is 1. The molecule has 4 nitrogen and oxygen atoms in total. The van der Waals surface area contributed by atoms with Gasteiger partial charge in [-0.3, -0.25) is 0 Å². The zero-order valence-corrected chi connectivity index (χ0v) is 9.90. The second-order valence-corrected chi connectivity index (χ2v) is 2.93. The van der Waals surface area contributed by atoms with Gasteiger partial charge in [0.2, 0.25) is 0 Å². The third kappa shape index (κ3) is 5.34. The van der Waals surface area contributed by atoms with Crippen LogP contribution in [-0.4, -0.2) is 21.0 Å². The van der Waals surface area contributed by atoms with Gasteiger partial charge in [0.1, 0.15) is 0 Å². The van der Waals surface area contributed by atoms with Crippen molar-refractivity contribution < 1.29 is 27.0 Å². The minimum absolute atomic E-state index is 0. The monoisotopic (exact) mass is 259 g/mol. The molecule has 0 aliphatic carbocycles. The van der Waals surface area contributed by atoms with Gasteiger partial charge in [-0.25, -0.2) is 9.78 Å². The summed E-state index contributed by atoms with van der Waals surface area (Å²) in [7, 11) is 0. The van der Waals surface area contributed by atoms with Crippen molar-refractivity contribution in [3.05, 3.63) is 54.1 Å². The third-order valence-corrected chi connectivity index (χ3v) is 1.70. The number of aromatic carboxylic acids is 1. The number of imidazole rings is 1. The summed E-state index contributed by atoms with van der Waals surface area (Å²) in [6, 6.07) is 6.75. The van der Waals surface area contributed by atoms with Crippen LogP contribution in [0.15, 0.2) is 43.0 Å². The molecule has 1 heterocycles. The van der Waals surface area contributed by atoms with Gasteiger partial charge in [0.25, 0.3) is 0 Å². The van der Waals surface area contributed by atoms with Gasteiger partial charge in [0.15, 0.2) is 0 Å². The molecule has 0 aliphatic heterocycles. The predicted octanol–water partition coefficient (Wildman–Crippen LogP) is 2.10. The Kier molecular flexibility index (Phi) is 6.92. The molecule has 0 unspecified atom stereocenters. The molecule has 0 saturated carbocycles. The first-order valence-corrected chi connectivity index (χ1v) is 4.43. The summed E-state index contributed by atoms with van der Waals surface area (Å²) in [5.41, 5.74) is 1.41. The number of nitrogens with one attached hydrogen (secondary N) is 1. The van der Waals surface area contributed by atoms with Crippen molar-refractivity contribution in [2.75, 3.05) is 0 Å². The summed E-state index contributed by atoms with van der Waals surface area (Å²) in [5.74, 6) is -0.875. The van der Waals surface area contributed by atoms with Gasteiger partial charge in [-0.2, -0.15) is 0 Å². The van der Waals surface area contributed by atoms with Gasteiger partial charge >= 0.3 is 5.97 Å². The minimum atomic E-state index is -0.875. The van der Waals surface area contributed by atoms with E-state index in [1.807, 2.05) is 6.92 Å². The number of carboxylic acid groups (broad SMARTS) is 1. The summed E-state index contributed by atoms with van der Waals surface area (Å²) in [6.07, 6.45) is 5.08. The van der Waals surface area contributed by atoms with Crippen LogP contribution < -0.4 is 0 Å². The molecule has 0 spiro atoms. The number of H-pyrrole nitrogens is 1. The van der Waals surface area contributed by atoms with Crippen molar-refractivity contribution in [3.8, 4) is 0 Å². The Bertz CT molecular complexity index is 381. The molecular weight excluding hydrogens is 247 g/mol. The average molecular weight is 259 g/mol. The average Bonchev–Trinajstić information content (AvgIpc) is 2.76. The predicted molar refractivity (Wildman–Crippen MR) is 56.7 cm³/mol. The third-order valence-electron chi connectivity index (χ3n) is 1.70. The van der Waals surface area contributed by atoms with E-state index < -0.39 is 5.97 Å². The fourth-order valence-corrected chi connectivity index (χ4v) is 0.911. The molecule has 2 rings (SSSR count). The second-order valence-electron chi connectivity index (χ2n) is 2.93. The summed E-state index contributed by atoms with van der Waals surface area (Å²) in [4.78, 5) is 16.7. The number of rotatable bonds is 1. The van der Waals surface area contributed by atoms with Gasteiger partial charge in [0.05, 0.1) is 11.9 Å². The summed E-state index contributed by atoms with van der Waals surface area (Å²) >= 11 is 0. The zero-order valence-electron chi connectivity index (χ0n) is 8.72. The maximum atomic E-state index is 10.3. The smallest absolute Gasteiger partial charge is 0.335 e.